The summed E-state index contributed by atoms with van der Waals surface area (Å²) in [5.41, 5.74) is 3.17. The van der Waals surface area contributed by atoms with Crippen LogP contribution in [-0.2, 0) is 0 Å². The topological polar surface area (TPSA) is 72.1 Å². The molecular formula is C21H16N2O3. The molecule has 4 rings (SSSR count). The van der Waals surface area contributed by atoms with Gasteiger partial charge in [0.15, 0.2) is 5.78 Å². The second-order valence-corrected chi connectivity index (χ2v) is 6.13. The number of aryl methyl sites for hydroxylation is 1. The molecule has 128 valence electrons. The number of benzene rings is 2. The van der Waals surface area contributed by atoms with Crippen molar-refractivity contribution in [3.8, 4) is 5.75 Å². The number of carbonyl (C=O) groups excluding carboxylic acids is 2. The second-order valence-electron chi connectivity index (χ2n) is 6.13. The zero-order chi connectivity index (χ0) is 18.3. The van der Waals surface area contributed by atoms with E-state index in [0.717, 1.165) is 21.8 Å². The van der Waals surface area contributed by atoms with Crippen molar-refractivity contribution in [3.05, 3.63) is 71.5 Å². The number of H-pyrrole nitrogens is 1. The highest BCUT2D eigenvalue weighted by atomic mass is 16.5. The number of ether oxygens (including phenoxy) is 1. The third-order valence-corrected chi connectivity index (χ3v) is 4.36. The maximum absolute atomic E-state index is 12.6. The quantitative estimate of drug-likeness (QED) is 0.339. The Morgan fingerprint density at radius 3 is 2.54 bits per heavy atom. The predicted octanol–water partition coefficient (Wildman–Crippen LogP) is 4.45. The van der Waals surface area contributed by atoms with Crippen molar-refractivity contribution in [1.29, 1.82) is 0 Å². The molecule has 4 aromatic rings. The van der Waals surface area contributed by atoms with Gasteiger partial charge in [0.25, 0.3) is 0 Å². The fraction of sp³-hybridized carbons (Fsp3) is 0.0952. The van der Waals surface area contributed by atoms with Gasteiger partial charge in [0.05, 0.1) is 16.8 Å². The standard InChI is InChI=1S/C21H16N2O3/c1-12-20-16(15-8-3-5-9-17(15)23-20)11-18(22-12)21(25)26-19-10-6-4-7-14(19)13(2)24/h3-11,23H,1-2H3. The minimum atomic E-state index is -0.589. The van der Waals surface area contributed by atoms with Gasteiger partial charge < -0.3 is 9.72 Å². The number of nitrogens with one attached hydrogen (secondary N) is 1. The summed E-state index contributed by atoms with van der Waals surface area (Å²) in [6, 6.07) is 16.3. The van der Waals surface area contributed by atoms with Crippen LogP contribution < -0.4 is 4.74 Å². The second kappa shape index (κ2) is 6.11. The first-order chi connectivity index (χ1) is 12.5. The molecule has 2 heterocycles. The van der Waals surface area contributed by atoms with E-state index in [1.165, 1.54) is 6.92 Å². The maximum atomic E-state index is 12.6. The number of aromatic nitrogens is 2. The smallest absolute Gasteiger partial charge is 0.362 e. The van der Waals surface area contributed by atoms with Crippen molar-refractivity contribution >= 4 is 33.6 Å². The Balaban J connectivity index is 1.78. The third-order valence-electron chi connectivity index (χ3n) is 4.36. The lowest BCUT2D eigenvalue weighted by Crippen LogP contribution is -2.13. The number of hydrogen-bond donors (Lipinski definition) is 1. The van der Waals surface area contributed by atoms with E-state index in [4.69, 9.17) is 4.74 Å². The number of aromatic amines is 1. The Labute approximate surface area is 149 Å². The van der Waals surface area contributed by atoms with Gasteiger partial charge in [-0.05, 0) is 38.1 Å². The Hall–Kier alpha value is -3.47. The number of hydrogen-bond acceptors (Lipinski definition) is 4. The molecule has 0 spiro atoms. The maximum Gasteiger partial charge on any atom is 0.362 e. The Bertz CT molecular complexity index is 1170. The summed E-state index contributed by atoms with van der Waals surface area (Å²) in [6.07, 6.45) is 0. The van der Waals surface area contributed by atoms with Gasteiger partial charge in [0.1, 0.15) is 11.4 Å². The van der Waals surface area contributed by atoms with Crippen molar-refractivity contribution in [2.75, 3.05) is 0 Å². The summed E-state index contributed by atoms with van der Waals surface area (Å²) in [5, 5.41) is 1.94. The molecular weight excluding hydrogens is 328 g/mol. The van der Waals surface area contributed by atoms with Crippen LogP contribution in [0.4, 0.5) is 0 Å². The lowest BCUT2D eigenvalue weighted by Gasteiger charge is -2.08. The summed E-state index contributed by atoms with van der Waals surface area (Å²) in [6.45, 7) is 3.28. The van der Waals surface area contributed by atoms with Gasteiger partial charge in [0.2, 0.25) is 0 Å². The molecule has 5 nitrogen and oxygen atoms in total. The van der Waals surface area contributed by atoms with Gasteiger partial charge in [-0.15, -0.1) is 0 Å². The molecule has 26 heavy (non-hydrogen) atoms. The first-order valence-corrected chi connectivity index (χ1v) is 8.25. The fourth-order valence-electron chi connectivity index (χ4n) is 3.11. The lowest BCUT2D eigenvalue weighted by atomic mass is 10.1. The van der Waals surface area contributed by atoms with E-state index in [-0.39, 0.29) is 17.2 Å². The zero-order valence-corrected chi connectivity index (χ0v) is 14.4. The van der Waals surface area contributed by atoms with E-state index < -0.39 is 5.97 Å². The van der Waals surface area contributed by atoms with Crippen molar-refractivity contribution < 1.29 is 14.3 Å². The average molecular weight is 344 g/mol. The first-order valence-electron chi connectivity index (χ1n) is 8.25. The summed E-state index contributed by atoms with van der Waals surface area (Å²) in [5.74, 6) is -0.512. The Morgan fingerprint density at radius 1 is 1.00 bits per heavy atom. The van der Waals surface area contributed by atoms with Crippen LogP contribution in [0.3, 0.4) is 0 Å². The molecule has 0 atom stereocenters. The number of carbonyl (C=O) groups is 2. The summed E-state index contributed by atoms with van der Waals surface area (Å²) in [7, 11) is 0. The summed E-state index contributed by atoms with van der Waals surface area (Å²) < 4.78 is 5.45. The molecule has 0 bridgehead atoms. The average Bonchev–Trinajstić information content (AvgIpc) is 3.01. The molecule has 0 amide bonds. The molecule has 0 aliphatic heterocycles. The molecule has 0 radical (unpaired) electrons. The van der Waals surface area contributed by atoms with Crippen LogP contribution in [-0.4, -0.2) is 21.7 Å². The molecule has 0 unspecified atom stereocenters. The molecule has 2 aromatic heterocycles. The van der Waals surface area contributed by atoms with Crippen molar-refractivity contribution in [1.82, 2.24) is 9.97 Å². The van der Waals surface area contributed by atoms with Gasteiger partial charge in [-0.1, -0.05) is 30.3 Å². The molecule has 1 N–H and O–H groups in total. The molecule has 2 aromatic carbocycles. The predicted molar refractivity (Wildman–Crippen MR) is 99.7 cm³/mol. The number of ketones is 1. The van der Waals surface area contributed by atoms with E-state index in [1.54, 1.807) is 30.3 Å². The third kappa shape index (κ3) is 2.63. The van der Waals surface area contributed by atoms with Crippen LogP contribution in [0, 0.1) is 6.92 Å². The highest BCUT2D eigenvalue weighted by Gasteiger charge is 2.17. The number of fused-ring (bicyclic) bond motifs is 3. The van der Waals surface area contributed by atoms with Crippen LogP contribution in [0.5, 0.6) is 5.75 Å². The normalized spacial score (nSPS) is 11.0. The van der Waals surface area contributed by atoms with Gasteiger partial charge in [0, 0.05) is 16.3 Å². The van der Waals surface area contributed by atoms with Gasteiger partial charge in [-0.2, -0.15) is 0 Å². The molecule has 0 fully saturated rings. The van der Waals surface area contributed by atoms with Crippen LogP contribution in [0.15, 0.2) is 54.6 Å². The minimum absolute atomic E-state index is 0.162. The van der Waals surface area contributed by atoms with Crippen LogP contribution in [0.1, 0.15) is 33.5 Å². The highest BCUT2D eigenvalue weighted by Crippen LogP contribution is 2.28. The van der Waals surface area contributed by atoms with Crippen LogP contribution in [0.2, 0.25) is 0 Å². The monoisotopic (exact) mass is 344 g/mol. The molecule has 0 saturated heterocycles. The van der Waals surface area contributed by atoms with Crippen molar-refractivity contribution in [2.45, 2.75) is 13.8 Å². The number of esters is 1. The molecule has 0 saturated carbocycles. The molecule has 0 aliphatic rings. The lowest BCUT2D eigenvalue weighted by molar-refractivity contribution is 0.0726. The van der Waals surface area contributed by atoms with E-state index >= 15 is 0 Å². The first kappa shape index (κ1) is 16.0. The SMILES string of the molecule is CC(=O)c1ccccc1OC(=O)c1cc2c([nH]c3ccccc32)c(C)n1. The molecule has 5 heteroatoms. The number of pyridine rings is 1. The Morgan fingerprint density at radius 2 is 1.73 bits per heavy atom. The van der Waals surface area contributed by atoms with E-state index in [9.17, 15) is 9.59 Å². The highest BCUT2D eigenvalue weighted by molar-refractivity contribution is 6.09. The van der Waals surface area contributed by atoms with Crippen molar-refractivity contribution in [2.24, 2.45) is 0 Å². The number of Topliss-reactive ketones (excluding diaryl/α,β-unsaturated/α-hetero) is 1. The van der Waals surface area contributed by atoms with Crippen molar-refractivity contribution in [3.63, 3.8) is 0 Å². The van der Waals surface area contributed by atoms with E-state index in [0.29, 0.717) is 11.3 Å². The van der Waals surface area contributed by atoms with Crippen LogP contribution in [0.25, 0.3) is 21.8 Å². The van der Waals surface area contributed by atoms with E-state index in [1.807, 2.05) is 31.2 Å². The van der Waals surface area contributed by atoms with Gasteiger partial charge >= 0.3 is 5.97 Å². The number of para-hydroxylation sites is 2. The zero-order valence-electron chi connectivity index (χ0n) is 14.4. The number of rotatable bonds is 3. The van der Waals surface area contributed by atoms with Gasteiger partial charge in [-0.3, -0.25) is 4.79 Å². The minimum Gasteiger partial charge on any atom is -0.421 e. The van der Waals surface area contributed by atoms with Crippen LogP contribution >= 0.6 is 0 Å². The molecule has 0 aliphatic carbocycles. The van der Waals surface area contributed by atoms with Gasteiger partial charge in [-0.25, -0.2) is 9.78 Å². The summed E-state index contributed by atoms with van der Waals surface area (Å²) in [4.78, 5) is 32.1. The Kier molecular flexibility index (Phi) is 3.77. The largest absolute Gasteiger partial charge is 0.421 e. The summed E-state index contributed by atoms with van der Waals surface area (Å²) >= 11 is 0. The fourth-order valence-corrected chi connectivity index (χ4v) is 3.11. The van der Waals surface area contributed by atoms with E-state index in [2.05, 4.69) is 9.97 Å². The number of nitrogens with zero attached hydrogens (tertiary/aromatic N) is 1.